The molecule has 0 spiro atoms. The molecule has 4 heteroatoms. The van der Waals surface area contributed by atoms with Gasteiger partial charge >= 0.3 is 0 Å². The van der Waals surface area contributed by atoms with Gasteiger partial charge in [-0.25, -0.2) is 8.78 Å². The van der Waals surface area contributed by atoms with Crippen LogP contribution in [0.3, 0.4) is 0 Å². The Bertz CT molecular complexity index is 305. The molecule has 1 aromatic rings. The molecule has 0 radical (unpaired) electrons. The Labute approximate surface area is 92.6 Å². The highest BCUT2D eigenvalue weighted by Crippen LogP contribution is 2.30. The minimum atomic E-state index is -2.78. The standard InChI is InChI=1S/C9H8Br2F2/c1-9(12,13)7-2-6(5-10)3-8(11)4-7/h2-4H,5H2,1H3. The molecule has 0 unspecified atom stereocenters. The monoisotopic (exact) mass is 312 g/mol. The summed E-state index contributed by atoms with van der Waals surface area (Å²) in [6.07, 6.45) is 0. The lowest BCUT2D eigenvalue weighted by molar-refractivity contribution is 0.0173. The van der Waals surface area contributed by atoms with Gasteiger partial charge in [-0.05, 0) is 23.8 Å². The second kappa shape index (κ2) is 4.05. The van der Waals surface area contributed by atoms with Crippen molar-refractivity contribution in [2.24, 2.45) is 0 Å². The van der Waals surface area contributed by atoms with Crippen LogP contribution in [-0.4, -0.2) is 0 Å². The lowest BCUT2D eigenvalue weighted by Crippen LogP contribution is -2.07. The van der Waals surface area contributed by atoms with E-state index in [0.29, 0.717) is 9.80 Å². The zero-order valence-corrected chi connectivity index (χ0v) is 10.1. The highest BCUT2D eigenvalue weighted by atomic mass is 79.9. The van der Waals surface area contributed by atoms with E-state index in [1.165, 1.54) is 12.1 Å². The second-order valence-electron chi connectivity index (χ2n) is 2.87. The number of halogens is 4. The molecule has 0 amide bonds. The molecular formula is C9H8Br2F2. The largest absolute Gasteiger partial charge is 0.270 e. The van der Waals surface area contributed by atoms with Crippen LogP contribution in [0.25, 0.3) is 0 Å². The maximum atomic E-state index is 12.9. The lowest BCUT2D eigenvalue weighted by atomic mass is 10.1. The molecule has 0 aromatic heterocycles. The first-order chi connectivity index (χ1) is 5.93. The molecule has 0 nitrogen and oxygen atoms in total. The molecule has 0 aliphatic heterocycles. The van der Waals surface area contributed by atoms with E-state index < -0.39 is 5.92 Å². The molecule has 0 heterocycles. The van der Waals surface area contributed by atoms with Crippen LogP contribution in [0.15, 0.2) is 22.7 Å². The van der Waals surface area contributed by atoms with E-state index in [0.717, 1.165) is 12.5 Å². The van der Waals surface area contributed by atoms with Crippen molar-refractivity contribution in [1.82, 2.24) is 0 Å². The number of alkyl halides is 3. The summed E-state index contributed by atoms with van der Waals surface area (Å²) in [6.45, 7) is 0.896. The van der Waals surface area contributed by atoms with Crippen LogP contribution in [-0.2, 0) is 11.3 Å². The van der Waals surface area contributed by atoms with Gasteiger partial charge in [0.25, 0.3) is 5.92 Å². The van der Waals surface area contributed by atoms with E-state index in [1.54, 1.807) is 0 Å². The van der Waals surface area contributed by atoms with Crippen molar-refractivity contribution in [3.8, 4) is 0 Å². The Balaban J connectivity index is 3.16. The first kappa shape index (κ1) is 11.1. The zero-order valence-electron chi connectivity index (χ0n) is 6.95. The fourth-order valence-electron chi connectivity index (χ4n) is 0.981. The minimum absolute atomic E-state index is 0.0383. The van der Waals surface area contributed by atoms with Gasteiger partial charge in [-0.3, -0.25) is 0 Å². The van der Waals surface area contributed by atoms with Crippen molar-refractivity contribution in [2.45, 2.75) is 18.2 Å². The molecule has 0 N–H and O–H groups in total. The molecule has 13 heavy (non-hydrogen) atoms. The van der Waals surface area contributed by atoms with Crippen molar-refractivity contribution >= 4 is 31.9 Å². The summed E-state index contributed by atoms with van der Waals surface area (Å²) in [5.74, 6) is -2.78. The van der Waals surface area contributed by atoms with Crippen LogP contribution >= 0.6 is 31.9 Å². The van der Waals surface area contributed by atoms with Crippen molar-refractivity contribution in [3.05, 3.63) is 33.8 Å². The van der Waals surface area contributed by atoms with Crippen LogP contribution in [0.2, 0.25) is 0 Å². The zero-order chi connectivity index (χ0) is 10.1. The summed E-state index contributed by atoms with van der Waals surface area (Å²) in [5, 5.41) is 0.579. The van der Waals surface area contributed by atoms with Gasteiger partial charge < -0.3 is 0 Å². The van der Waals surface area contributed by atoms with Crippen LogP contribution in [0, 0.1) is 0 Å². The summed E-state index contributed by atoms with van der Waals surface area (Å²) in [4.78, 5) is 0. The second-order valence-corrected chi connectivity index (χ2v) is 4.35. The van der Waals surface area contributed by atoms with Gasteiger partial charge in [0, 0.05) is 22.3 Å². The quantitative estimate of drug-likeness (QED) is 0.707. The van der Waals surface area contributed by atoms with Gasteiger partial charge in [-0.1, -0.05) is 31.9 Å². The smallest absolute Gasteiger partial charge is 0.202 e. The third-order valence-electron chi connectivity index (χ3n) is 1.62. The fourth-order valence-corrected chi connectivity index (χ4v) is 1.85. The molecule has 1 aromatic carbocycles. The van der Waals surface area contributed by atoms with E-state index in [-0.39, 0.29) is 5.56 Å². The SMILES string of the molecule is CC(F)(F)c1cc(Br)cc(CBr)c1. The summed E-state index contributed by atoms with van der Waals surface area (Å²) in [6, 6.07) is 4.75. The van der Waals surface area contributed by atoms with Gasteiger partial charge in [0.05, 0.1) is 0 Å². The minimum Gasteiger partial charge on any atom is -0.202 e. The van der Waals surface area contributed by atoms with E-state index in [9.17, 15) is 8.78 Å². The third-order valence-corrected chi connectivity index (χ3v) is 2.72. The molecule has 0 fully saturated rings. The highest BCUT2D eigenvalue weighted by Gasteiger charge is 2.24. The van der Waals surface area contributed by atoms with Crippen molar-refractivity contribution in [1.29, 1.82) is 0 Å². The van der Waals surface area contributed by atoms with Gasteiger partial charge in [0.2, 0.25) is 0 Å². The fraction of sp³-hybridized carbons (Fsp3) is 0.333. The summed E-state index contributed by atoms with van der Waals surface area (Å²) in [5.41, 5.74) is 0.877. The Morgan fingerprint density at radius 1 is 1.31 bits per heavy atom. The summed E-state index contributed by atoms with van der Waals surface area (Å²) in [7, 11) is 0. The number of rotatable bonds is 2. The molecule has 1 rings (SSSR count). The molecule has 0 aliphatic carbocycles. The van der Waals surface area contributed by atoms with E-state index in [2.05, 4.69) is 31.9 Å². The highest BCUT2D eigenvalue weighted by molar-refractivity contribution is 9.10. The van der Waals surface area contributed by atoms with Crippen LogP contribution in [0.1, 0.15) is 18.1 Å². The molecule has 0 atom stereocenters. The lowest BCUT2D eigenvalue weighted by Gasteiger charge is -2.12. The first-order valence-corrected chi connectivity index (χ1v) is 5.58. The van der Waals surface area contributed by atoms with Gasteiger partial charge in [0.15, 0.2) is 0 Å². The average molecular weight is 314 g/mol. The van der Waals surface area contributed by atoms with E-state index in [1.807, 2.05) is 6.07 Å². The van der Waals surface area contributed by atoms with Crippen LogP contribution in [0.4, 0.5) is 8.78 Å². The molecular weight excluding hydrogens is 306 g/mol. The predicted molar refractivity (Wildman–Crippen MR) is 56.3 cm³/mol. The number of benzene rings is 1. The topological polar surface area (TPSA) is 0 Å². The first-order valence-electron chi connectivity index (χ1n) is 3.67. The van der Waals surface area contributed by atoms with Crippen LogP contribution in [0.5, 0.6) is 0 Å². The molecule has 0 bridgehead atoms. The van der Waals surface area contributed by atoms with Crippen molar-refractivity contribution < 1.29 is 8.78 Å². The van der Waals surface area contributed by atoms with Gasteiger partial charge in [-0.15, -0.1) is 0 Å². The van der Waals surface area contributed by atoms with Crippen LogP contribution < -0.4 is 0 Å². The van der Waals surface area contributed by atoms with Crippen molar-refractivity contribution in [3.63, 3.8) is 0 Å². The maximum absolute atomic E-state index is 12.9. The molecule has 0 aliphatic rings. The Morgan fingerprint density at radius 2 is 1.92 bits per heavy atom. The number of hydrogen-bond donors (Lipinski definition) is 0. The molecule has 72 valence electrons. The van der Waals surface area contributed by atoms with Gasteiger partial charge in [0.1, 0.15) is 0 Å². The molecule has 0 saturated carbocycles. The van der Waals surface area contributed by atoms with E-state index >= 15 is 0 Å². The third kappa shape index (κ3) is 3.02. The maximum Gasteiger partial charge on any atom is 0.270 e. The van der Waals surface area contributed by atoms with Crippen molar-refractivity contribution in [2.75, 3.05) is 0 Å². The Morgan fingerprint density at radius 3 is 2.38 bits per heavy atom. The number of hydrogen-bond acceptors (Lipinski definition) is 0. The summed E-state index contributed by atoms with van der Waals surface area (Å²) >= 11 is 6.42. The normalized spacial score (nSPS) is 11.8. The van der Waals surface area contributed by atoms with Gasteiger partial charge in [-0.2, -0.15) is 0 Å². The Hall–Kier alpha value is 0.0400. The molecule has 0 saturated heterocycles. The predicted octanol–water partition coefficient (Wildman–Crippen LogP) is 4.46. The average Bonchev–Trinajstić information content (AvgIpc) is 2.01. The Kier molecular flexibility index (Phi) is 3.46. The summed E-state index contributed by atoms with van der Waals surface area (Å²) < 4.78 is 26.5. The van der Waals surface area contributed by atoms with E-state index in [4.69, 9.17) is 0 Å².